The second-order valence-corrected chi connectivity index (χ2v) is 7.26. The van der Waals surface area contributed by atoms with Gasteiger partial charge in [-0.3, -0.25) is 10.1 Å². The van der Waals surface area contributed by atoms with E-state index >= 15 is 0 Å². The summed E-state index contributed by atoms with van der Waals surface area (Å²) in [6.45, 7) is 6.88. The number of thioether (sulfide) groups is 1. The van der Waals surface area contributed by atoms with Crippen LogP contribution in [-0.2, 0) is 4.79 Å². The second-order valence-electron chi connectivity index (χ2n) is 5.20. The average Bonchev–Trinajstić information content (AvgIpc) is 3.04. The quantitative estimate of drug-likeness (QED) is 0.659. The molecule has 0 saturated carbocycles. The molecule has 2 aromatic rings. The highest BCUT2D eigenvalue weighted by molar-refractivity contribution is 8.00. The number of carbonyl (C=O) groups is 1. The van der Waals surface area contributed by atoms with E-state index in [1.165, 1.54) is 23.1 Å². The van der Waals surface area contributed by atoms with Crippen molar-refractivity contribution in [2.45, 2.75) is 44.4 Å². The van der Waals surface area contributed by atoms with Crippen LogP contribution >= 0.6 is 23.1 Å². The Morgan fingerprint density at radius 3 is 2.54 bits per heavy atom. The third-order valence-electron chi connectivity index (χ3n) is 3.53. The van der Waals surface area contributed by atoms with Gasteiger partial charge in [-0.05, 0) is 44.0 Å². The van der Waals surface area contributed by atoms with E-state index < -0.39 is 0 Å². The van der Waals surface area contributed by atoms with E-state index in [0.29, 0.717) is 23.4 Å². The van der Waals surface area contributed by atoms with E-state index in [-0.39, 0.29) is 5.91 Å². The van der Waals surface area contributed by atoms with E-state index in [0.717, 1.165) is 28.5 Å². The van der Waals surface area contributed by atoms with Crippen LogP contribution in [0, 0.1) is 0 Å². The topological polar surface area (TPSA) is 64.1 Å². The first-order valence-corrected chi connectivity index (χ1v) is 9.95. The van der Waals surface area contributed by atoms with Crippen LogP contribution in [-0.4, -0.2) is 28.5 Å². The van der Waals surface area contributed by atoms with Gasteiger partial charge >= 0.3 is 0 Å². The fraction of sp³-hybridized carbons (Fsp3) is 0.471. The van der Waals surface area contributed by atoms with Crippen LogP contribution in [0.3, 0.4) is 0 Å². The standard InChI is InChI=1S/C17H23N3O2S2/c1-4-12(5-2)16-19-20-17(24-16)18-15(21)11-23-14-9-7-13(8-10-14)22-6-3/h7-10,12H,4-6,11H2,1-3H3,(H,18,20,21). The lowest BCUT2D eigenvalue weighted by Crippen LogP contribution is -2.13. The number of aromatic nitrogens is 2. The number of amides is 1. The zero-order valence-corrected chi connectivity index (χ0v) is 15.9. The number of carbonyl (C=O) groups excluding carboxylic acids is 1. The lowest BCUT2D eigenvalue weighted by Gasteiger charge is -2.06. The molecule has 2 rings (SSSR count). The highest BCUT2D eigenvalue weighted by Crippen LogP contribution is 2.28. The molecule has 1 amide bonds. The van der Waals surface area contributed by atoms with Crippen molar-refractivity contribution in [3.05, 3.63) is 29.3 Å². The van der Waals surface area contributed by atoms with Gasteiger partial charge in [0, 0.05) is 10.8 Å². The molecule has 130 valence electrons. The highest BCUT2D eigenvalue weighted by atomic mass is 32.2. The van der Waals surface area contributed by atoms with Crippen LogP contribution in [0.5, 0.6) is 5.75 Å². The molecule has 0 aliphatic heterocycles. The van der Waals surface area contributed by atoms with Gasteiger partial charge in [0.05, 0.1) is 12.4 Å². The van der Waals surface area contributed by atoms with Crippen molar-refractivity contribution in [3.8, 4) is 5.75 Å². The molecule has 1 N–H and O–H groups in total. The van der Waals surface area contributed by atoms with Crippen LogP contribution in [0.2, 0.25) is 0 Å². The minimum absolute atomic E-state index is 0.0684. The summed E-state index contributed by atoms with van der Waals surface area (Å²) in [6, 6.07) is 7.74. The molecule has 24 heavy (non-hydrogen) atoms. The first-order chi connectivity index (χ1) is 11.7. The van der Waals surface area contributed by atoms with E-state index in [4.69, 9.17) is 4.74 Å². The maximum absolute atomic E-state index is 12.1. The molecule has 0 spiro atoms. The maximum atomic E-state index is 12.1. The Hall–Kier alpha value is -1.60. The molecule has 7 heteroatoms. The minimum atomic E-state index is -0.0684. The van der Waals surface area contributed by atoms with Crippen LogP contribution in [0.1, 0.15) is 44.5 Å². The van der Waals surface area contributed by atoms with Crippen molar-refractivity contribution in [1.82, 2.24) is 10.2 Å². The summed E-state index contributed by atoms with van der Waals surface area (Å²) in [5.74, 6) is 1.54. The number of rotatable bonds is 9. The van der Waals surface area contributed by atoms with Crippen LogP contribution in [0.4, 0.5) is 5.13 Å². The van der Waals surface area contributed by atoms with Crippen LogP contribution < -0.4 is 10.1 Å². The van der Waals surface area contributed by atoms with Gasteiger partial charge in [-0.2, -0.15) is 0 Å². The van der Waals surface area contributed by atoms with E-state index in [9.17, 15) is 4.79 Å². The van der Waals surface area contributed by atoms with Crippen molar-refractivity contribution in [3.63, 3.8) is 0 Å². The SMILES string of the molecule is CCOc1ccc(SCC(=O)Nc2nnc(C(CC)CC)s2)cc1. The Kier molecular flexibility index (Phi) is 7.52. The monoisotopic (exact) mass is 365 g/mol. The van der Waals surface area contributed by atoms with Crippen molar-refractivity contribution in [1.29, 1.82) is 0 Å². The molecule has 0 unspecified atom stereocenters. The smallest absolute Gasteiger partial charge is 0.236 e. The largest absolute Gasteiger partial charge is 0.494 e. The van der Waals surface area contributed by atoms with Gasteiger partial charge < -0.3 is 4.74 Å². The molecule has 0 radical (unpaired) electrons. The molecule has 1 heterocycles. The van der Waals surface area contributed by atoms with Gasteiger partial charge in [-0.15, -0.1) is 22.0 Å². The number of benzene rings is 1. The van der Waals surface area contributed by atoms with Gasteiger partial charge in [0.15, 0.2) is 0 Å². The fourth-order valence-electron chi connectivity index (χ4n) is 2.19. The first-order valence-electron chi connectivity index (χ1n) is 8.15. The fourth-order valence-corrected chi connectivity index (χ4v) is 3.92. The normalized spacial score (nSPS) is 10.8. The molecule has 0 atom stereocenters. The minimum Gasteiger partial charge on any atom is -0.494 e. The summed E-state index contributed by atoms with van der Waals surface area (Å²) in [7, 11) is 0. The molecule has 0 aliphatic rings. The molecule has 1 aromatic heterocycles. The second kappa shape index (κ2) is 9.64. The van der Waals surface area contributed by atoms with Gasteiger partial charge in [0.2, 0.25) is 11.0 Å². The third-order valence-corrected chi connectivity index (χ3v) is 5.54. The Morgan fingerprint density at radius 1 is 1.21 bits per heavy atom. The summed E-state index contributed by atoms with van der Waals surface area (Å²) in [4.78, 5) is 13.1. The average molecular weight is 366 g/mol. The van der Waals surface area contributed by atoms with Crippen LogP contribution in [0.25, 0.3) is 0 Å². The van der Waals surface area contributed by atoms with Gasteiger partial charge in [-0.25, -0.2) is 0 Å². The number of nitrogens with zero attached hydrogens (tertiary/aromatic N) is 2. The Balaban J connectivity index is 1.82. The molecule has 0 fully saturated rings. The summed E-state index contributed by atoms with van der Waals surface area (Å²) in [5.41, 5.74) is 0. The van der Waals surface area contributed by atoms with Gasteiger partial charge in [0.25, 0.3) is 0 Å². The lowest BCUT2D eigenvalue weighted by atomic mass is 10.1. The number of hydrogen-bond donors (Lipinski definition) is 1. The van der Waals surface area contributed by atoms with Gasteiger partial charge in [0.1, 0.15) is 10.8 Å². The van der Waals surface area contributed by atoms with Crippen molar-refractivity contribution in [2.75, 3.05) is 17.7 Å². The predicted molar refractivity (Wildman–Crippen MR) is 100 cm³/mol. The Morgan fingerprint density at radius 2 is 1.92 bits per heavy atom. The molecule has 5 nitrogen and oxygen atoms in total. The summed E-state index contributed by atoms with van der Waals surface area (Å²) >= 11 is 2.95. The zero-order valence-electron chi connectivity index (χ0n) is 14.2. The number of nitrogens with one attached hydrogen (secondary N) is 1. The summed E-state index contributed by atoms with van der Waals surface area (Å²) in [5, 5.41) is 12.7. The molecule has 1 aromatic carbocycles. The molecular formula is C17H23N3O2S2. The summed E-state index contributed by atoms with van der Waals surface area (Å²) < 4.78 is 5.40. The van der Waals surface area contributed by atoms with E-state index in [1.54, 1.807) is 0 Å². The van der Waals surface area contributed by atoms with Crippen molar-refractivity contribution < 1.29 is 9.53 Å². The van der Waals surface area contributed by atoms with E-state index in [2.05, 4.69) is 29.4 Å². The molecule has 0 bridgehead atoms. The molecule has 0 aliphatic carbocycles. The van der Waals surface area contributed by atoms with Gasteiger partial charge in [-0.1, -0.05) is 25.2 Å². The van der Waals surface area contributed by atoms with Crippen molar-refractivity contribution in [2.24, 2.45) is 0 Å². The highest BCUT2D eigenvalue weighted by Gasteiger charge is 2.14. The molecular weight excluding hydrogens is 342 g/mol. The molecule has 0 saturated heterocycles. The number of anilines is 1. The zero-order chi connectivity index (χ0) is 17.4. The Labute approximate surface area is 151 Å². The number of ether oxygens (including phenoxy) is 1. The lowest BCUT2D eigenvalue weighted by molar-refractivity contribution is -0.113. The predicted octanol–water partition coefficient (Wildman–Crippen LogP) is 4.57. The van der Waals surface area contributed by atoms with Crippen LogP contribution in [0.15, 0.2) is 29.2 Å². The first kappa shape index (κ1) is 18.7. The maximum Gasteiger partial charge on any atom is 0.236 e. The Bertz CT molecular complexity index is 640. The van der Waals surface area contributed by atoms with E-state index in [1.807, 2.05) is 31.2 Å². The number of hydrogen-bond acceptors (Lipinski definition) is 6. The third kappa shape index (κ3) is 5.49. The van der Waals surface area contributed by atoms with Crippen molar-refractivity contribution >= 4 is 34.1 Å². The summed E-state index contributed by atoms with van der Waals surface area (Å²) in [6.07, 6.45) is 2.07.